The normalized spacial score (nSPS) is 18.3. The molecule has 102 valence electrons. The van der Waals surface area contributed by atoms with Crippen LogP contribution in [-0.2, 0) is 10.0 Å². The van der Waals surface area contributed by atoms with Gasteiger partial charge in [0.1, 0.15) is 0 Å². The Labute approximate surface area is 113 Å². The highest BCUT2D eigenvalue weighted by molar-refractivity contribution is 7.88. The lowest BCUT2D eigenvalue weighted by Gasteiger charge is -2.30. The fourth-order valence-electron chi connectivity index (χ4n) is 1.92. The van der Waals surface area contributed by atoms with Crippen LogP contribution in [0.3, 0.4) is 0 Å². The van der Waals surface area contributed by atoms with Crippen LogP contribution in [0.2, 0.25) is 0 Å². The molecule has 0 atom stereocenters. The van der Waals surface area contributed by atoms with Crippen LogP contribution >= 0.6 is 12.4 Å². The summed E-state index contributed by atoms with van der Waals surface area (Å²) in [5, 5.41) is 3.05. The van der Waals surface area contributed by atoms with E-state index in [0.717, 1.165) is 12.8 Å². The van der Waals surface area contributed by atoms with Crippen molar-refractivity contribution >= 4 is 22.4 Å². The molecule has 1 saturated heterocycles. The number of halogens is 1. The number of nitrogens with zero attached hydrogens (tertiary/aromatic N) is 3. The molecule has 0 radical (unpaired) electrons. The Hall–Kier alpha value is -0.760. The number of rotatable bonds is 3. The van der Waals surface area contributed by atoms with Crippen molar-refractivity contribution in [1.82, 2.24) is 19.6 Å². The van der Waals surface area contributed by atoms with Crippen LogP contribution in [0.15, 0.2) is 23.6 Å². The molecule has 1 aliphatic rings. The van der Waals surface area contributed by atoms with Gasteiger partial charge in [-0.25, -0.2) is 18.4 Å². The third-order valence-electron chi connectivity index (χ3n) is 2.97. The van der Waals surface area contributed by atoms with E-state index in [4.69, 9.17) is 0 Å². The van der Waals surface area contributed by atoms with Crippen LogP contribution in [0.25, 0.3) is 0 Å². The van der Waals surface area contributed by atoms with Gasteiger partial charge in [0, 0.05) is 31.5 Å². The van der Waals surface area contributed by atoms with Crippen molar-refractivity contribution < 1.29 is 8.42 Å². The second-order valence-electron chi connectivity index (χ2n) is 4.00. The van der Waals surface area contributed by atoms with E-state index in [1.807, 2.05) is 7.05 Å². The molecule has 1 aromatic heterocycles. The Balaban J connectivity index is 0.00000162. The fourth-order valence-corrected chi connectivity index (χ4v) is 3.23. The summed E-state index contributed by atoms with van der Waals surface area (Å²) in [5.41, 5.74) is 0. The van der Waals surface area contributed by atoms with Crippen molar-refractivity contribution in [1.29, 1.82) is 0 Å². The fraction of sp³-hybridized carbons (Fsp3) is 0.600. The van der Waals surface area contributed by atoms with E-state index in [1.54, 1.807) is 6.07 Å². The first-order valence-corrected chi connectivity index (χ1v) is 7.03. The molecule has 0 unspecified atom stereocenters. The lowest BCUT2D eigenvalue weighted by molar-refractivity contribution is 0.297. The predicted octanol–water partition coefficient (Wildman–Crippen LogP) is 0.271. The minimum atomic E-state index is -3.51. The molecular formula is C10H17ClN4O2S. The van der Waals surface area contributed by atoms with E-state index >= 15 is 0 Å². The molecule has 1 N–H and O–H groups in total. The van der Waals surface area contributed by atoms with Gasteiger partial charge < -0.3 is 5.32 Å². The Morgan fingerprint density at radius 3 is 2.33 bits per heavy atom. The topological polar surface area (TPSA) is 75.2 Å². The maximum Gasteiger partial charge on any atom is 0.278 e. The summed E-state index contributed by atoms with van der Waals surface area (Å²) >= 11 is 0. The molecule has 2 rings (SSSR count). The molecule has 0 bridgehead atoms. The van der Waals surface area contributed by atoms with Gasteiger partial charge in [-0.2, -0.15) is 4.31 Å². The first-order chi connectivity index (χ1) is 8.14. The molecule has 0 spiro atoms. The average Bonchev–Trinajstić information content (AvgIpc) is 2.40. The highest BCUT2D eigenvalue weighted by atomic mass is 35.5. The summed E-state index contributed by atoms with van der Waals surface area (Å²) in [6, 6.07) is 2.00. The first-order valence-electron chi connectivity index (χ1n) is 5.59. The minimum Gasteiger partial charge on any atom is -0.317 e. The van der Waals surface area contributed by atoms with E-state index < -0.39 is 10.0 Å². The number of piperidine rings is 1. The third-order valence-corrected chi connectivity index (χ3v) is 4.69. The minimum absolute atomic E-state index is 0. The standard InChI is InChI=1S/C10H16N4O2S.ClH/c1-11-9-3-7-14(8-4-9)17(15,16)10-12-5-2-6-13-10;/h2,5-6,9,11H,3-4,7-8H2,1H3;1H. The Bertz CT molecular complexity index is 460. The van der Waals surface area contributed by atoms with Crippen LogP contribution in [0, 0.1) is 0 Å². The molecule has 8 heteroatoms. The Morgan fingerprint density at radius 2 is 1.83 bits per heavy atom. The molecule has 6 nitrogen and oxygen atoms in total. The van der Waals surface area contributed by atoms with Crippen molar-refractivity contribution in [2.45, 2.75) is 24.0 Å². The predicted molar refractivity (Wildman–Crippen MR) is 70.1 cm³/mol. The largest absolute Gasteiger partial charge is 0.317 e. The van der Waals surface area contributed by atoms with Gasteiger partial charge in [-0.1, -0.05) is 0 Å². The van der Waals surface area contributed by atoms with Gasteiger partial charge in [-0.05, 0) is 26.0 Å². The van der Waals surface area contributed by atoms with Crippen LogP contribution < -0.4 is 5.32 Å². The summed E-state index contributed by atoms with van der Waals surface area (Å²) in [4.78, 5) is 7.62. The van der Waals surface area contributed by atoms with Crippen LogP contribution in [0.1, 0.15) is 12.8 Å². The van der Waals surface area contributed by atoms with Crippen LogP contribution in [-0.4, -0.2) is 48.9 Å². The quantitative estimate of drug-likeness (QED) is 0.810. The maximum atomic E-state index is 12.2. The summed E-state index contributed by atoms with van der Waals surface area (Å²) in [6.07, 6.45) is 4.53. The zero-order valence-electron chi connectivity index (χ0n) is 10.1. The first kappa shape index (κ1) is 15.3. The SMILES string of the molecule is CNC1CCN(S(=O)(=O)c2ncccn2)CC1.Cl. The van der Waals surface area contributed by atoms with Crippen molar-refractivity contribution in [3.05, 3.63) is 18.5 Å². The van der Waals surface area contributed by atoms with Crippen molar-refractivity contribution in [2.24, 2.45) is 0 Å². The number of nitrogens with one attached hydrogen (secondary N) is 1. The zero-order chi connectivity index (χ0) is 12.3. The lowest BCUT2D eigenvalue weighted by atomic mass is 10.1. The number of aromatic nitrogens is 2. The van der Waals surface area contributed by atoms with E-state index in [9.17, 15) is 8.42 Å². The summed E-state index contributed by atoms with van der Waals surface area (Å²) in [7, 11) is -1.61. The van der Waals surface area contributed by atoms with Crippen LogP contribution in [0.4, 0.5) is 0 Å². The van der Waals surface area contributed by atoms with E-state index in [2.05, 4.69) is 15.3 Å². The summed E-state index contributed by atoms with van der Waals surface area (Å²) < 4.78 is 25.8. The Morgan fingerprint density at radius 1 is 1.28 bits per heavy atom. The van der Waals surface area contributed by atoms with Gasteiger partial charge >= 0.3 is 0 Å². The highest BCUT2D eigenvalue weighted by Gasteiger charge is 2.30. The number of hydrogen-bond acceptors (Lipinski definition) is 5. The summed E-state index contributed by atoms with van der Waals surface area (Å²) in [5.74, 6) is 0. The summed E-state index contributed by atoms with van der Waals surface area (Å²) in [6.45, 7) is 1.04. The number of hydrogen-bond donors (Lipinski definition) is 1. The molecule has 18 heavy (non-hydrogen) atoms. The van der Waals surface area contributed by atoms with Gasteiger partial charge in [-0.15, -0.1) is 12.4 Å². The second kappa shape index (κ2) is 6.42. The monoisotopic (exact) mass is 292 g/mol. The molecule has 0 saturated carbocycles. The zero-order valence-corrected chi connectivity index (χ0v) is 11.7. The molecule has 2 heterocycles. The highest BCUT2D eigenvalue weighted by Crippen LogP contribution is 2.17. The van der Waals surface area contributed by atoms with Gasteiger partial charge in [0.2, 0.25) is 0 Å². The number of sulfonamides is 1. The smallest absolute Gasteiger partial charge is 0.278 e. The molecule has 1 aliphatic heterocycles. The average molecular weight is 293 g/mol. The van der Waals surface area contributed by atoms with E-state index in [0.29, 0.717) is 19.1 Å². The van der Waals surface area contributed by atoms with Gasteiger partial charge in [0.05, 0.1) is 0 Å². The Kier molecular flexibility index (Phi) is 5.46. The third kappa shape index (κ3) is 3.17. The maximum absolute atomic E-state index is 12.2. The van der Waals surface area contributed by atoms with Gasteiger partial charge in [0.25, 0.3) is 15.2 Å². The molecule has 0 aromatic carbocycles. The molecule has 0 amide bonds. The molecule has 1 aromatic rings. The van der Waals surface area contributed by atoms with Gasteiger partial charge in [-0.3, -0.25) is 0 Å². The molecular weight excluding hydrogens is 276 g/mol. The molecule has 1 fully saturated rings. The van der Waals surface area contributed by atoms with E-state index in [1.165, 1.54) is 16.7 Å². The van der Waals surface area contributed by atoms with Crippen molar-refractivity contribution in [3.8, 4) is 0 Å². The molecule has 0 aliphatic carbocycles. The van der Waals surface area contributed by atoms with Crippen molar-refractivity contribution in [2.75, 3.05) is 20.1 Å². The van der Waals surface area contributed by atoms with Gasteiger partial charge in [0.15, 0.2) is 0 Å². The lowest BCUT2D eigenvalue weighted by Crippen LogP contribution is -2.44. The van der Waals surface area contributed by atoms with Crippen LogP contribution in [0.5, 0.6) is 0 Å². The van der Waals surface area contributed by atoms with Crippen molar-refractivity contribution in [3.63, 3.8) is 0 Å². The second-order valence-corrected chi connectivity index (χ2v) is 5.83. The van der Waals surface area contributed by atoms with E-state index in [-0.39, 0.29) is 17.6 Å².